The van der Waals surface area contributed by atoms with E-state index < -0.39 is 5.97 Å². The van der Waals surface area contributed by atoms with Crippen molar-refractivity contribution in [1.82, 2.24) is 0 Å². The van der Waals surface area contributed by atoms with Gasteiger partial charge in [-0.1, -0.05) is 11.8 Å². The van der Waals surface area contributed by atoms with Crippen LogP contribution in [0.15, 0.2) is 0 Å². The fraction of sp³-hybridized carbons (Fsp3) is 0.462. The summed E-state index contributed by atoms with van der Waals surface area (Å²) in [5.41, 5.74) is 1.47. The van der Waals surface area contributed by atoms with Crippen molar-refractivity contribution < 1.29 is 19.1 Å². The Morgan fingerprint density at radius 2 is 2.10 bits per heavy atom. The summed E-state index contributed by atoms with van der Waals surface area (Å²) in [5, 5.41) is 3.14. The highest BCUT2D eigenvalue weighted by Crippen LogP contribution is 2.39. The molecule has 0 spiro atoms. The maximum Gasteiger partial charge on any atom is 0.341 e. The van der Waals surface area contributed by atoms with Gasteiger partial charge in [0, 0.05) is 11.8 Å². The van der Waals surface area contributed by atoms with Crippen LogP contribution in [0.25, 0.3) is 0 Å². The Morgan fingerprint density at radius 3 is 2.75 bits per heavy atom. The van der Waals surface area contributed by atoms with Crippen LogP contribution in [-0.4, -0.2) is 29.9 Å². The van der Waals surface area contributed by atoms with Crippen LogP contribution in [-0.2, 0) is 27.2 Å². The standard InChI is InChI=1S/C13H15NO4S2/c1-7(15)19-6-10(16)14-12-11(13(17)18-2)8-4-3-5-9(8)20-12/h3-6H2,1-2H3,(H,14,16). The molecule has 1 heterocycles. The number of ether oxygens (including phenoxy) is 1. The third-order valence-corrected chi connectivity index (χ3v) is 4.99. The first-order chi connectivity index (χ1) is 9.52. The number of nitrogens with one attached hydrogen (secondary N) is 1. The Balaban J connectivity index is 2.17. The number of hydrogen-bond acceptors (Lipinski definition) is 6. The number of hydrogen-bond donors (Lipinski definition) is 1. The van der Waals surface area contributed by atoms with E-state index in [2.05, 4.69) is 5.32 Å². The van der Waals surface area contributed by atoms with Crippen LogP contribution < -0.4 is 5.32 Å². The molecule has 0 atom stereocenters. The number of carbonyl (C=O) groups excluding carboxylic acids is 3. The average molecular weight is 313 g/mol. The van der Waals surface area contributed by atoms with Gasteiger partial charge in [0.25, 0.3) is 0 Å². The quantitative estimate of drug-likeness (QED) is 0.863. The number of carbonyl (C=O) groups is 3. The van der Waals surface area contributed by atoms with Crippen LogP contribution in [0.4, 0.5) is 5.00 Å². The van der Waals surface area contributed by atoms with E-state index in [4.69, 9.17) is 4.74 Å². The van der Waals surface area contributed by atoms with Gasteiger partial charge in [0.05, 0.1) is 18.4 Å². The van der Waals surface area contributed by atoms with Gasteiger partial charge < -0.3 is 10.1 Å². The van der Waals surface area contributed by atoms with Gasteiger partial charge in [-0.15, -0.1) is 11.3 Å². The monoisotopic (exact) mass is 313 g/mol. The smallest absolute Gasteiger partial charge is 0.341 e. The molecule has 1 aromatic heterocycles. The number of rotatable bonds is 4. The Kier molecular flexibility index (Phi) is 4.82. The number of methoxy groups -OCH3 is 1. The van der Waals surface area contributed by atoms with Crippen molar-refractivity contribution in [2.24, 2.45) is 0 Å². The maximum absolute atomic E-state index is 11.9. The third-order valence-electron chi connectivity index (χ3n) is 2.97. The summed E-state index contributed by atoms with van der Waals surface area (Å²) in [5.74, 6) is -0.646. The highest BCUT2D eigenvalue weighted by molar-refractivity contribution is 8.14. The van der Waals surface area contributed by atoms with Crippen LogP contribution >= 0.6 is 23.1 Å². The van der Waals surface area contributed by atoms with Gasteiger partial charge in [0.1, 0.15) is 5.00 Å². The molecule has 1 aliphatic carbocycles. The van der Waals surface area contributed by atoms with Crippen molar-refractivity contribution in [3.8, 4) is 0 Å². The largest absolute Gasteiger partial charge is 0.465 e. The lowest BCUT2D eigenvalue weighted by Crippen LogP contribution is -2.16. The van der Waals surface area contributed by atoms with Gasteiger partial charge in [0.15, 0.2) is 5.12 Å². The lowest BCUT2D eigenvalue weighted by Gasteiger charge is -2.06. The summed E-state index contributed by atoms with van der Waals surface area (Å²) in [6, 6.07) is 0. The van der Waals surface area contributed by atoms with Crippen LogP contribution in [0.1, 0.15) is 34.1 Å². The molecule has 0 fully saturated rings. The number of esters is 1. The molecule has 0 bridgehead atoms. The van der Waals surface area contributed by atoms with Crippen molar-refractivity contribution in [1.29, 1.82) is 0 Å². The molecular weight excluding hydrogens is 298 g/mol. The van der Waals surface area contributed by atoms with Crippen molar-refractivity contribution >= 4 is 45.1 Å². The van der Waals surface area contributed by atoms with Gasteiger partial charge in [0.2, 0.25) is 5.91 Å². The molecule has 1 aromatic rings. The molecule has 1 aliphatic rings. The summed E-state index contributed by atoms with van der Waals surface area (Å²) in [7, 11) is 1.33. The van der Waals surface area contributed by atoms with E-state index >= 15 is 0 Å². The van der Waals surface area contributed by atoms with E-state index in [1.165, 1.54) is 25.4 Å². The first-order valence-corrected chi connectivity index (χ1v) is 7.99. The molecule has 2 rings (SSSR count). The molecular formula is C13H15NO4S2. The second kappa shape index (κ2) is 6.41. The van der Waals surface area contributed by atoms with Gasteiger partial charge in [-0.25, -0.2) is 4.79 Å². The molecule has 0 radical (unpaired) electrons. The first kappa shape index (κ1) is 15.1. The zero-order chi connectivity index (χ0) is 14.7. The van der Waals surface area contributed by atoms with Crippen LogP contribution in [0.2, 0.25) is 0 Å². The maximum atomic E-state index is 11.9. The normalized spacial score (nSPS) is 12.9. The van der Waals surface area contributed by atoms with Gasteiger partial charge in [-0.2, -0.15) is 0 Å². The average Bonchev–Trinajstić information content (AvgIpc) is 2.95. The Hall–Kier alpha value is -1.34. The molecule has 1 N–H and O–H groups in total. The van der Waals surface area contributed by atoms with Crippen molar-refractivity contribution in [3.63, 3.8) is 0 Å². The zero-order valence-electron chi connectivity index (χ0n) is 11.3. The molecule has 108 valence electrons. The predicted octanol–water partition coefficient (Wildman–Crippen LogP) is 2.24. The number of anilines is 1. The van der Waals surface area contributed by atoms with Crippen molar-refractivity contribution in [2.75, 3.05) is 18.2 Å². The van der Waals surface area contributed by atoms with Crippen LogP contribution in [0, 0.1) is 0 Å². The van der Waals surface area contributed by atoms with Crippen molar-refractivity contribution in [3.05, 3.63) is 16.0 Å². The van der Waals surface area contributed by atoms with E-state index in [1.54, 1.807) is 0 Å². The van der Waals surface area contributed by atoms with E-state index in [1.807, 2.05) is 0 Å². The van der Waals surface area contributed by atoms with E-state index in [9.17, 15) is 14.4 Å². The Labute approximate surface area is 125 Å². The number of amides is 1. The highest BCUT2D eigenvalue weighted by atomic mass is 32.2. The molecule has 0 aliphatic heterocycles. The van der Waals surface area contributed by atoms with E-state index in [0.717, 1.165) is 41.5 Å². The molecule has 5 nitrogen and oxygen atoms in total. The molecule has 1 amide bonds. The van der Waals surface area contributed by atoms with Crippen LogP contribution in [0.5, 0.6) is 0 Å². The lowest BCUT2D eigenvalue weighted by molar-refractivity contribution is -0.114. The topological polar surface area (TPSA) is 72.5 Å². The minimum absolute atomic E-state index is 0.0541. The van der Waals surface area contributed by atoms with Crippen LogP contribution in [0.3, 0.4) is 0 Å². The second-order valence-corrected chi connectivity index (χ2v) is 6.64. The first-order valence-electron chi connectivity index (χ1n) is 6.19. The summed E-state index contributed by atoms with van der Waals surface area (Å²) >= 11 is 2.37. The fourth-order valence-electron chi connectivity index (χ4n) is 2.14. The number of fused-ring (bicyclic) bond motifs is 1. The molecule has 0 saturated carbocycles. The Morgan fingerprint density at radius 1 is 1.35 bits per heavy atom. The van der Waals surface area contributed by atoms with Gasteiger partial charge in [-0.3, -0.25) is 9.59 Å². The minimum Gasteiger partial charge on any atom is -0.465 e. The third kappa shape index (κ3) is 3.21. The van der Waals surface area contributed by atoms with E-state index in [-0.39, 0.29) is 16.8 Å². The molecule has 0 aromatic carbocycles. The molecule has 0 unspecified atom stereocenters. The molecule has 7 heteroatoms. The fourth-order valence-corrected chi connectivity index (χ4v) is 3.84. The minimum atomic E-state index is -0.418. The van der Waals surface area contributed by atoms with E-state index in [0.29, 0.717) is 10.6 Å². The van der Waals surface area contributed by atoms with Gasteiger partial charge in [-0.05, 0) is 24.8 Å². The molecule has 20 heavy (non-hydrogen) atoms. The summed E-state index contributed by atoms with van der Waals surface area (Å²) < 4.78 is 4.80. The summed E-state index contributed by atoms with van der Waals surface area (Å²) in [6.07, 6.45) is 2.80. The zero-order valence-corrected chi connectivity index (χ0v) is 12.9. The number of thiophene rings is 1. The van der Waals surface area contributed by atoms with Crippen molar-refractivity contribution in [2.45, 2.75) is 26.2 Å². The SMILES string of the molecule is COC(=O)c1c(NC(=O)CSC(C)=O)sc2c1CCC2. The summed E-state index contributed by atoms with van der Waals surface area (Å²) in [6.45, 7) is 1.41. The Bertz CT molecular complexity index is 565. The predicted molar refractivity (Wildman–Crippen MR) is 79.5 cm³/mol. The van der Waals surface area contributed by atoms with Gasteiger partial charge >= 0.3 is 5.97 Å². The summed E-state index contributed by atoms with van der Waals surface area (Å²) in [4.78, 5) is 35.6. The molecule has 0 saturated heterocycles. The highest BCUT2D eigenvalue weighted by Gasteiger charge is 2.27. The second-order valence-electron chi connectivity index (χ2n) is 4.38. The number of thioether (sulfide) groups is 1. The lowest BCUT2D eigenvalue weighted by atomic mass is 10.1. The number of aryl methyl sites for hydroxylation is 1.